The Labute approximate surface area is 157 Å². The number of ether oxygens (including phenoxy) is 1. The lowest BCUT2D eigenvalue weighted by Crippen LogP contribution is -2.00. The first-order valence-corrected chi connectivity index (χ1v) is 10.1. The summed E-state index contributed by atoms with van der Waals surface area (Å²) in [5.41, 5.74) is -0.112. The summed E-state index contributed by atoms with van der Waals surface area (Å²) in [6, 6.07) is 4.16. The van der Waals surface area contributed by atoms with Gasteiger partial charge in [0.1, 0.15) is 11.6 Å². The average Bonchev–Trinajstić information content (AvgIpc) is 2.58. The molecule has 0 radical (unpaired) electrons. The van der Waals surface area contributed by atoms with Gasteiger partial charge in [-0.25, -0.2) is 4.39 Å². The van der Waals surface area contributed by atoms with Gasteiger partial charge in [0.05, 0.1) is 12.2 Å². The molecule has 25 heavy (non-hydrogen) atoms. The molecule has 1 aromatic carbocycles. The van der Waals surface area contributed by atoms with Crippen LogP contribution in [0.5, 0.6) is 5.75 Å². The van der Waals surface area contributed by atoms with Crippen LogP contribution in [-0.2, 0) is 0 Å². The smallest absolute Gasteiger partial charge is 0.255 e. The van der Waals surface area contributed by atoms with Gasteiger partial charge in [0, 0.05) is 6.07 Å². The summed E-state index contributed by atoms with van der Waals surface area (Å²) in [6.07, 6.45) is 15.5. The molecule has 0 aromatic heterocycles. The zero-order chi connectivity index (χ0) is 18.3. The molecule has 1 rings (SSSR count). The Bertz CT molecular complexity index is 491. The maximum absolute atomic E-state index is 13.6. The third kappa shape index (κ3) is 10.5. The second-order valence-electron chi connectivity index (χ2n) is 6.65. The van der Waals surface area contributed by atoms with Gasteiger partial charge in [-0.15, -0.1) is 0 Å². The number of carbonyl (C=O) groups excluding carboxylic acids is 1. The minimum absolute atomic E-state index is 0.112. The number of hydrogen-bond donors (Lipinski definition) is 0. The Morgan fingerprint density at radius 3 is 1.92 bits per heavy atom. The van der Waals surface area contributed by atoms with Crippen molar-refractivity contribution in [2.45, 2.75) is 84.0 Å². The van der Waals surface area contributed by atoms with E-state index in [0.29, 0.717) is 12.4 Å². The molecule has 0 aliphatic carbocycles. The van der Waals surface area contributed by atoms with Crippen LogP contribution in [0, 0.1) is 5.82 Å². The molecular weight excluding hydrogens is 339 g/mol. The minimum Gasteiger partial charge on any atom is -0.493 e. The van der Waals surface area contributed by atoms with E-state index < -0.39 is 11.1 Å². The lowest BCUT2D eigenvalue weighted by Gasteiger charge is -2.07. The van der Waals surface area contributed by atoms with Crippen molar-refractivity contribution in [2.75, 3.05) is 6.61 Å². The fourth-order valence-corrected chi connectivity index (χ4v) is 3.03. The molecule has 0 unspecified atom stereocenters. The Hall–Kier alpha value is -1.09. The lowest BCUT2D eigenvalue weighted by molar-refractivity contribution is 0.107. The van der Waals surface area contributed by atoms with Crippen molar-refractivity contribution in [3.05, 3.63) is 29.6 Å². The van der Waals surface area contributed by atoms with E-state index in [1.165, 1.54) is 76.3 Å². The van der Waals surface area contributed by atoms with Crippen molar-refractivity contribution in [3.63, 3.8) is 0 Å². The number of carbonyl (C=O) groups is 1. The number of benzene rings is 1. The Morgan fingerprint density at radius 1 is 0.920 bits per heavy atom. The van der Waals surface area contributed by atoms with E-state index in [4.69, 9.17) is 16.3 Å². The first-order valence-electron chi connectivity index (χ1n) is 9.77. The van der Waals surface area contributed by atoms with E-state index in [0.717, 1.165) is 12.8 Å². The molecule has 0 spiro atoms. The Kier molecular flexibility index (Phi) is 12.4. The summed E-state index contributed by atoms with van der Waals surface area (Å²) < 4.78 is 19.1. The summed E-state index contributed by atoms with van der Waals surface area (Å²) in [5.74, 6) is -0.186. The van der Waals surface area contributed by atoms with Gasteiger partial charge in [-0.3, -0.25) is 4.79 Å². The van der Waals surface area contributed by atoms with Crippen molar-refractivity contribution in [2.24, 2.45) is 0 Å². The van der Waals surface area contributed by atoms with Crippen molar-refractivity contribution >= 4 is 16.8 Å². The van der Waals surface area contributed by atoms with E-state index in [9.17, 15) is 9.18 Å². The van der Waals surface area contributed by atoms with Crippen LogP contribution in [-0.4, -0.2) is 11.8 Å². The third-order valence-electron chi connectivity index (χ3n) is 4.42. The molecule has 0 N–H and O–H groups in total. The van der Waals surface area contributed by atoms with Crippen LogP contribution in [0.25, 0.3) is 0 Å². The average molecular weight is 371 g/mol. The highest BCUT2D eigenvalue weighted by atomic mass is 35.5. The maximum atomic E-state index is 13.6. The van der Waals surface area contributed by atoms with E-state index in [-0.39, 0.29) is 5.56 Å². The van der Waals surface area contributed by atoms with E-state index in [1.807, 2.05) is 0 Å². The Balaban J connectivity index is 1.95. The molecule has 4 heteroatoms. The lowest BCUT2D eigenvalue weighted by atomic mass is 10.1. The quantitative estimate of drug-likeness (QED) is 0.239. The van der Waals surface area contributed by atoms with Gasteiger partial charge >= 0.3 is 0 Å². The summed E-state index contributed by atoms with van der Waals surface area (Å²) in [5, 5.41) is -0.787. The highest BCUT2D eigenvalue weighted by molar-refractivity contribution is 6.67. The van der Waals surface area contributed by atoms with Crippen LogP contribution in [0.2, 0.25) is 0 Å². The van der Waals surface area contributed by atoms with Gasteiger partial charge in [-0.2, -0.15) is 0 Å². The zero-order valence-corrected chi connectivity index (χ0v) is 16.3. The topological polar surface area (TPSA) is 26.3 Å². The van der Waals surface area contributed by atoms with Crippen LogP contribution in [0.15, 0.2) is 18.2 Å². The fraction of sp³-hybridized carbons (Fsp3) is 0.667. The van der Waals surface area contributed by atoms with E-state index in [2.05, 4.69) is 6.92 Å². The molecule has 0 saturated heterocycles. The summed E-state index contributed by atoms with van der Waals surface area (Å²) in [7, 11) is 0. The predicted molar refractivity (Wildman–Crippen MR) is 103 cm³/mol. The van der Waals surface area contributed by atoms with Crippen LogP contribution in [0.1, 0.15) is 94.3 Å². The predicted octanol–water partition coefficient (Wildman–Crippen LogP) is 7.28. The first-order chi connectivity index (χ1) is 12.1. The molecule has 0 amide bonds. The zero-order valence-electron chi connectivity index (χ0n) is 15.5. The molecule has 0 saturated carbocycles. The normalized spacial score (nSPS) is 10.8. The fourth-order valence-electron chi connectivity index (χ4n) is 2.88. The molecule has 142 valence electrons. The number of unbranched alkanes of at least 4 members (excludes halogenated alkanes) is 11. The minimum atomic E-state index is -0.787. The van der Waals surface area contributed by atoms with Gasteiger partial charge < -0.3 is 4.74 Å². The Morgan fingerprint density at radius 2 is 1.44 bits per heavy atom. The molecule has 0 atom stereocenters. The molecule has 0 aliphatic rings. The molecule has 1 aromatic rings. The van der Waals surface area contributed by atoms with Crippen molar-refractivity contribution in [1.29, 1.82) is 0 Å². The summed E-state index contributed by atoms with van der Waals surface area (Å²) >= 11 is 5.28. The molecule has 0 bridgehead atoms. The van der Waals surface area contributed by atoms with Crippen LogP contribution in [0.3, 0.4) is 0 Å². The number of hydrogen-bond acceptors (Lipinski definition) is 2. The highest BCUT2D eigenvalue weighted by Gasteiger charge is 2.09. The largest absolute Gasteiger partial charge is 0.493 e. The van der Waals surface area contributed by atoms with Gasteiger partial charge in [0.15, 0.2) is 0 Å². The van der Waals surface area contributed by atoms with E-state index in [1.54, 1.807) is 6.07 Å². The standard InChI is InChI=1S/C21H32ClFO2/c1-2-3-4-5-6-7-8-9-10-11-12-13-16-25-18-14-15-19(21(22)24)20(23)17-18/h14-15,17H,2-13,16H2,1H3. The molecule has 0 aliphatic heterocycles. The second-order valence-corrected chi connectivity index (χ2v) is 7.00. The molecular formula is C21H32ClFO2. The molecule has 2 nitrogen and oxygen atoms in total. The van der Waals surface area contributed by atoms with Gasteiger partial charge in [0.25, 0.3) is 5.24 Å². The van der Waals surface area contributed by atoms with Crippen molar-refractivity contribution < 1.29 is 13.9 Å². The molecule has 0 heterocycles. The van der Waals surface area contributed by atoms with Gasteiger partial charge in [0.2, 0.25) is 0 Å². The summed E-state index contributed by atoms with van der Waals surface area (Å²) in [4.78, 5) is 10.9. The number of rotatable bonds is 15. The monoisotopic (exact) mass is 370 g/mol. The van der Waals surface area contributed by atoms with Crippen LogP contribution >= 0.6 is 11.6 Å². The van der Waals surface area contributed by atoms with Gasteiger partial charge in [-0.1, -0.05) is 77.6 Å². The highest BCUT2D eigenvalue weighted by Crippen LogP contribution is 2.19. The van der Waals surface area contributed by atoms with E-state index >= 15 is 0 Å². The second kappa shape index (κ2) is 14.1. The van der Waals surface area contributed by atoms with Crippen LogP contribution in [0.4, 0.5) is 4.39 Å². The SMILES string of the molecule is CCCCCCCCCCCCCCOc1ccc(C(=O)Cl)c(F)c1. The number of halogens is 2. The van der Waals surface area contributed by atoms with Crippen molar-refractivity contribution in [1.82, 2.24) is 0 Å². The third-order valence-corrected chi connectivity index (χ3v) is 4.62. The van der Waals surface area contributed by atoms with Crippen molar-refractivity contribution in [3.8, 4) is 5.75 Å². The summed E-state index contributed by atoms with van der Waals surface area (Å²) in [6.45, 7) is 2.83. The molecule has 0 fully saturated rings. The maximum Gasteiger partial charge on any atom is 0.255 e. The van der Waals surface area contributed by atoms with Crippen LogP contribution < -0.4 is 4.74 Å². The van der Waals surface area contributed by atoms with Gasteiger partial charge in [-0.05, 0) is 30.2 Å². The first kappa shape index (κ1) is 22.0.